The summed E-state index contributed by atoms with van der Waals surface area (Å²) in [5.74, 6) is 0.837. The average Bonchev–Trinajstić information content (AvgIpc) is 2.33. The number of nitrogens with one attached hydrogen (secondary N) is 1. The maximum atomic E-state index is 11.8. The van der Waals surface area contributed by atoms with E-state index in [1.165, 1.54) is 0 Å². The molecule has 0 spiro atoms. The van der Waals surface area contributed by atoms with E-state index in [1.54, 1.807) is 7.11 Å². The van der Waals surface area contributed by atoms with Gasteiger partial charge in [0.25, 0.3) is 0 Å². The molecule has 4 heteroatoms. The van der Waals surface area contributed by atoms with Gasteiger partial charge in [0.1, 0.15) is 5.75 Å². The number of aryl methyl sites for hydroxylation is 2. The number of anilines is 1. The van der Waals surface area contributed by atoms with Gasteiger partial charge in [-0.1, -0.05) is 6.92 Å². The lowest BCUT2D eigenvalue weighted by atomic mass is 10.1. The fourth-order valence-electron chi connectivity index (χ4n) is 1.66. The molecule has 0 bridgehead atoms. The van der Waals surface area contributed by atoms with Crippen LogP contribution in [-0.4, -0.2) is 19.6 Å². The van der Waals surface area contributed by atoms with Crippen molar-refractivity contribution in [1.29, 1.82) is 0 Å². The second-order valence-corrected chi connectivity index (χ2v) is 4.73. The Kier molecular flexibility index (Phi) is 5.16. The highest BCUT2D eigenvalue weighted by Gasteiger charge is 2.11. The van der Waals surface area contributed by atoms with Gasteiger partial charge >= 0.3 is 0 Å². The summed E-state index contributed by atoms with van der Waals surface area (Å²) < 4.78 is 5.27. The number of ether oxygens (including phenoxy) is 1. The molecule has 0 aliphatic carbocycles. The van der Waals surface area contributed by atoms with Gasteiger partial charge in [0.2, 0.25) is 5.91 Å². The van der Waals surface area contributed by atoms with Crippen molar-refractivity contribution >= 4 is 11.6 Å². The zero-order chi connectivity index (χ0) is 13.7. The van der Waals surface area contributed by atoms with Crippen molar-refractivity contribution in [3.8, 4) is 5.75 Å². The van der Waals surface area contributed by atoms with E-state index in [2.05, 4.69) is 5.32 Å². The highest BCUT2D eigenvalue weighted by atomic mass is 16.5. The Labute approximate surface area is 109 Å². The number of methoxy groups -OCH3 is 1. The largest absolute Gasteiger partial charge is 0.495 e. The van der Waals surface area contributed by atoms with Crippen LogP contribution in [0.3, 0.4) is 0 Å². The zero-order valence-electron chi connectivity index (χ0n) is 11.5. The number of carbonyl (C=O) groups is 1. The van der Waals surface area contributed by atoms with E-state index >= 15 is 0 Å². The molecular formula is C14H22N2O2. The molecule has 1 unspecified atom stereocenters. The Hall–Kier alpha value is -1.55. The van der Waals surface area contributed by atoms with E-state index in [9.17, 15) is 4.79 Å². The van der Waals surface area contributed by atoms with Crippen LogP contribution in [0.5, 0.6) is 5.75 Å². The molecular weight excluding hydrogens is 228 g/mol. The molecule has 0 aliphatic heterocycles. The van der Waals surface area contributed by atoms with Gasteiger partial charge in [0.15, 0.2) is 0 Å². The summed E-state index contributed by atoms with van der Waals surface area (Å²) in [6, 6.07) is 3.86. The first-order valence-corrected chi connectivity index (χ1v) is 6.13. The van der Waals surface area contributed by atoms with Crippen LogP contribution >= 0.6 is 0 Å². The molecule has 3 N–H and O–H groups in total. The second-order valence-electron chi connectivity index (χ2n) is 4.73. The van der Waals surface area contributed by atoms with Gasteiger partial charge in [0, 0.05) is 6.42 Å². The molecule has 0 aliphatic rings. The van der Waals surface area contributed by atoms with Crippen molar-refractivity contribution in [2.75, 3.05) is 19.0 Å². The Balaban J connectivity index is 2.83. The molecule has 1 rings (SSSR count). The van der Waals surface area contributed by atoms with Crippen molar-refractivity contribution in [1.82, 2.24) is 0 Å². The van der Waals surface area contributed by atoms with Crippen molar-refractivity contribution in [2.24, 2.45) is 11.7 Å². The number of rotatable bonds is 5. The summed E-state index contributed by atoms with van der Waals surface area (Å²) in [5, 5.41) is 2.88. The van der Waals surface area contributed by atoms with Gasteiger partial charge in [-0.3, -0.25) is 4.79 Å². The monoisotopic (exact) mass is 250 g/mol. The van der Waals surface area contributed by atoms with Gasteiger partial charge in [-0.2, -0.15) is 0 Å². The lowest BCUT2D eigenvalue weighted by Gasteiger charge is -2.14. The molecule has 18 heavy (non-hydrogen) atoms. The van der Waals surface area contributed by atoms with Gasteiger partial charge in [-0.15, -0.1) is 0 Å². The minimum absolute atomic E-state index is 0.0329. The molecule has 0 radical (unpaired) electrons. The first-order chi connectivity index (χ1) is 8.47. The number of nitrogens with two attached hydrogens (primary N) is 1. The van der Waals surface area contributed by atoms with Gasteiger partial charge in [0.05, 0.1) is 12.8 Å². The van der Waals surface area contributed by atoms with Crippen LogP contribution in [-0.2, 0) is 4.79 Å². The third kappa shape index (κ3) is 3.74. The number of hydrogen-bond donors (Lipinski definition) is 2. The van der Waals surface area contributed by atoms with E-state index in [-0.39, 0.29) is 11.8 Å². The molecule has 0 heterocycles. The molecule has 0 aromatic heterocycles. The molecule has 1 amide bonds. The Bertz CT molecular complexity index is 430. The van der Waals surface area contributed by atoms with Crippen molar-refractivity contribution < 1.29 is 9.53 Å². The number of carbonyl (C=O) groups excluding carboxylic acids is 1. The summed E-state index contributed by atoms with van der Waals surface area (Å²) in [5.41, 5.74) is 8.49. The Morgan fingerprint density at radius 3 is 2.56 bits per heavy atom. The number of amides is 1. The standard InChI is InChI=1S/C14H22N2O2/c1-9(8-15)5-14(17)16-12-6-10(2)11(3)7-13(12)18-4/h6-7,9H,5,8,15H2,1-4H3,(H,16,17). The summed E-state index contributed by atoms with van der Waals surface area (Å²) in [6.07, 6.45) is 0.423. The highest BCUT2D eigenvalue weighted by Crippen LogP contribution is 2.28. The van der Waals surface area contributed by atoms with Crippen molar-refractivity contribution in [3.63, 3.8) is 0 Å². The highest BCUT2D eigenvalue weighted by molar-refractivity contribution is 5.92. The maximum absolute atomic E-state index is 11.8. The summed E-state index contributed by atoms with van der Waals surface area (Å²) in [7, 11) is 1.60. The normalized spacial score (nSPS) is 12.1. The molecule has 1 aromatic carbocycles. The summed E-state index contributed by atoms with van der Waals surface area (Å²) in [6.45, 7) is 6.49. The topological polar surface area (TPSA) is 64.3 Å². The molecule has 0 saturated heterocycles. The maximum Gasteiger partial charge on any atom is 0.224 e. The molecule has 1 atom stereocenters. The van der Waals surface area contributed by atoms with E-state index in [1.807, 2.05) is 32.9 Å². The first-order valence-electron chi connectivity index (χ1n) is 6.13. The van der Waals surface area contributed by atoms with Gasteiger partial charge in [-0.25, -0.2) is 0 Å². The van der Waals surface area contributed by atoms with Gasteiger partial charge < -0.3 is 15.8 Å². The molecule has 100 valence electrons. The molecule has 0 fully saturated rings. The minimum atomic E-state index is -0.0329. The van der Waals surface area contributed by atoms with Crippen LogP contribution < -0.4 is 15.8 Å². The Morgan fingerprint density at radius 2 is 2.00 bits per heavy atom. The first kappa shape index (κ1) is 14.5. The van der Waals surface area contributed by atoms with Crippen LogP contribution in [0, 0.1) is 19.8 Å². The Morgan fingerprint density at radius 1 is 1.39 bits per heavy atom. The van der Waals surface area contributed by atoms with E-state index in [0.717, 1.165) is 16.8 Å². The quantitative estimate of drug-likeness (QED) is 0.842. The van der Waals surface area contributed by atoms with Crippen molar-refractivity contribution in [2.45, 2.75) is 27.2 Å². The van der Waals surface area contributed by atoms with E-state index in [0.29, 0.717) is 18.7 Å². The zero-order valence-corrected chi connectivity index (χ0v) is 11.5. The lowest BCUT2D eigenvalue weighted by molar-refractivity contribution is -0.116. The third-order valence-electron chi connectivity index (χ3n) is 3.03. The van der Waals surface area contributed by atoms with Crippen LogP contribution in [0.2, 0.25) is 0 Å². The second kappa shape index (κ2) is 6.40. The van der Waals surface area contributed by atoms with Crippen molar-refractivity contribution in [3.05, 3.63) is 23.3 Å². The van der Waals surface area contributed by atoms with E-state index < -0.39 is 0 Å². The fourth-order valence-corrected chi connectivity index (χ4v) is 1.66. The van der Waals surface area contributed by atoms with E-state index in [4.69, 9.17) is 10.5 Å². The lowest BCUT2D eigenvalue weighted by Crippen LogP contribution is -2.20. The fraction of sp³-hybridized carbons (Fsp3) is 0.500. The molecule has 1 aromatic rings. The number of benzene rings is 1. The SMILES string of the molecule is COc1cc(C)c(C)cc1NC(=O)CC(C)CN. The van der Waals surface area contributed by atoms with Gasteiger partial charge in [-0.05, 0) is 49.6 Å². The predicted molar refractivity (Wildman–Crippen MR) is 73.9 cm³/mol. The van der Waals surface area contributed by atoms with Crippen LogP contribution in [0.15, 0.2) is 12.1 Å². The minimum Gasteiger partial charge on any atom is -0.495 e. The summed E-state index contributed by atoms with van der Waals surface area (Å²) in [4.78, 5) is 11.8. The smallest absolute Gasteiger partial charge is 0.224 e. The van der Waals surface area contributed by atoms with Crippen LogP contribution in [0.1, 0.15) is 24.5 Å². The number of hydrogen-bond acceptors (Lipinski definition) is 3. The summed E-state index contributed by atoms with van der Waals surface area (Å²) >= 11 is 0. The molecule has 4 nitrogen and oxygen atoms in total. The van der Waals surface area contributed by atoms with Crippen LogP contribution in [0.25, 0.3) is 0 Å². The predicted octanol–water partition coefficient (Wildman–Crippen LogP) is 2.24. The average molecular weight is 250 g/mol. The third-order valence-corrected chi connectivity index (χ3v) is 3.03. The van der Waals surface area contributed by atoms with Crippen LogP contribution in [0.4, 0.5) is 5.69 Å². The molecule has 0 saturated carbocycles.